The zero-order valence-electron chi connectivity index (χ0n) is 99.7. The molecule has 3 aromatic heterocycles. The molecule has 5 aliphatic heterocycles. The number of rotatable bonds is 69. The van der Waals surface area contributed by atoms with Crippen molar-refractivity contribution in [2.75, 3.05) is 162 Å². The van der Waals surface area contributed by atoms with Crippen LogP contribution in [0.4, 0.5) is 53.5 Å². The standard InChI is InChI=1S/C116H223N23O5/c1-35-49-66-126(67-50-36-2)98-117-99(127(68-51-37-3)69-52-38-4)120-102(119-98)131(94-85-109(19,20)136(141-79-44-10)110(21,22)86-94)75-62-58-60-64-77-133(96-89-113(27,28)138(143-81-46-12)114(29,30)90-96)105-123-104(130(74-57-43-9)93-83-107(15,16)135(140-48-14)108(17,18)84-93)124-106(125-105)134(97-91-115(31,32)139(144-82-47-13)116(33,34)92-97)78-65-61-59-63-76-132(95-87-111(23,24)137(142-80-45-11)112(25,26)88-95)103-121-100(128(70-53-39-5)71-54-40-6)118-101(122-103)129(72-55-41-7)73-56-42-8/h93-97H,35-92H2,1-34H3. The zero-order valence-corrected chi connectivity index (χ0v) is 99.7. The Kier molecular flexibility index (Phi) is 50.0. The van der Waals surface area contributed by atoms with Gasteiger partial charge in [-0.15, -0.1) is 0 Å². The molecule has 0 aromatic carbocycles. The molecule has 5 fully saturated rings. The van der Waals surface area contributed by atoms with Gasteiger partial charge in [0.25, 0.3) is 0 Å². The third-order valence-electron chi connectivity index (χ3n) is 31.3. The number of hydroxylamine groups is 10. The fourth-order valence-corrected chi connectivity index (χ4v) is 25.4. The van der Waals surface area contributed by atoms with Crippen molar-refractivity contribution in [3.63, 3.8) is 0 Å². The van der Waals surface area contributed by atoms with Gasteiger partial charge in [0, 0.05) is 171 Å². The van der Waals surface area contributed by atoms with E-state index in [-0.39, 0.29) is 85.6 Å². The van der Waals surface area contributed by atoms with E-state index in [1.807, 2.05) is 0 Å². The van der Waals surface area contributed by atoms with Gasteiger partial charge in [-0.05, 0) is 319 Å². The molecule has 0 bridgehead atoms. The van der Waals surface area contributed by atoms with Gasteiger partial charge in [-0.25, -0.2) is 0 Å². The second kappa shape index (κ2) is 58.1. The number of aromatic nitrogens is 9. The summed E-state index contributed by atoms with van der Waals surface area (Å²) >= 11 is 0. The maximum absolute atomic E-state index is 6.95. The molecule has 144 heavy (non-hydrogen) atoms. The highest BCUT2D eigenvalue weighted by Crippen LogP contribution is 2.49. The summed E-state index contributed by atoms with van der Waals surface area (Å²) < 4.78 is 0. The van der Waals surface area contributed by atoms with E-state index in [0.29, 0.717) is 33.0 Å². The summed E-state index contributed by atoms with van der Waals surface area (Å²) in [5.74, 6) is 7.32. The predicted molar refractivity (Wildman–Crippen MR) is 608 cm³/mol. The molecule has 0 radical (unpaired) electrons. The second-order valence-electron chi connectivity index (χ2n) is 50.3. The minimum atomic E-state index is -0.338. The molecule has 8 heterocycles. The Labute approximate surface area is 883 Å². The largest absolute Gasteiger partial charge is 0.341 e. The van der Waals surface area contributed by atoms with Gasteiger partial charge >= 0.3 is 0 Å². The SMILES string of the molecule is CCCCN(CCCC)c1nc(N(CCCC)CCCC)nc(N(CCCCCCN(c2nc(N(CCCC)C3CC(C)(C)N(OCC)C(C)(C)C3)nc(N(CCCCCCN(c3nc(N(CCCC)CCCC)nc(N(CCCC)CCCC)n3)C3CC(C)(C)N(OCCC)C(C)(C)C3)C3CC(C)(C)N(OCCC)C(C)(C)C3)n2)C2CC(C)(C)N(OCCC)C(C)(C)C2)C2CC(C)(C)N(OCCC)C(C)(C)C2)n1. The Morgan fingerprint density at radius 2 is 0.319 bits per heavy atom. The number of unbranched alkanes of at least 4 members (excludes halogenated alkanes) is 15. The molecule has 3 aromatic rings. The van der Waals surface area contributed by atoms with Crippen molar-refractivity contribution in [2.45, 2.75) is 578 Å². The van der Waals surface area contributed by atoms with Crippen LogP contribution >= 0.6 is 0 Å². The van der Waals surface area contributed by atoms with Gasteiger partial charge in [-0.1, -0.05) is 173 Å². The van der Waals surface area contributed by atoms with E-state index < -0.39 is 0 Å². The van der Waals surface area contributed by atoms with Crippen LogP contribution in [0.3, 0.4) is 0 Å². The molecule has 0 amide bonds. The number of hydrogen-bond acceptors (Lipinski definition) is 28. The maximum atomic E-state index is 6.95. The summed E-state index contributed by atoms with van der Waals surface area (Å²) in [6.45, 7) is 94.6. The lowest BCUT2D eigenvalue weighted by Crippen LogP contribution is -2.65. The van der Waals surface area contributed by atoms with E-state index in [4.69, 9.17) is 69.0 Å². The molecule has 28 heteroatoms. The van der Waals surface area contributed by atoms with Gasteiger partial charge in [0.05, 0.1) is 33.0 Å². The van der Waals surface area contributed by atoms with E-state index >= 15 is 0 Å². The van der Waals surface area contributed by atoms with E-state index in [9.17, 15) is 0 Å². The Morgan fingerprint density at radius 1 is 0.181 bits per heavy atom. The Hall–Kier alpha value is -5.17. The lowest BCUT2D eigenvalue weighted by Gasteiger charge is -2.56. The van der Waals surface area contributed by atoms with E-state index in [1.165, 1.54) is 0 Å². The van der Waals surface area contributed by atoms with Crippen LogP contribution in [0.15, 0.2) is 0 Å². The van der Waals surface area contributed by atoms with Crippen LogP contribution in [-0.4, -0.2) is 274 Å². The zero-order chi connectivity index (χ0) is 106. The van der Waals surface area contributed by atoms with Gasteiger partial charge in [0.15, 0.2) is 0 Å². The van der Waals surface area contributed by atoms with Crippen LogP contribution in [0.1, 0.15) is 492 Å². The molecule has 832 valence electrons. The van der Waals surface area contributed by atoms with Crippen molar-refractivity contribution < 1.29 is 24.2 Å². The van der Waals surface area contributed by atoms with Crippen LogP contribution in [0.25, 0.3) is 0 Å². The number of nitrogens with zero attached hydrogens (tertiary/aromatic N) is 23. The van der Waals surface area contributed by atoms with Crippen LogP contribution < -0.4 is 44.1 Å². The number of hydrogen-bond donors (Lipinski definition) is 0. The van der Waals surface area contributed by atoms with Crippen LogP contribution in [-0.2, 0) is 24.2 Å². The molecule has 0 N–H and O–H groups in total. The van der Waals surface area contributed by atoms with Crippen molar-refractivity contribution in [1.82, 2.24) is 70.2 Å². The first kappa shape index (κ1) is 124. The van der Waals surface area contributed by atoms with Crippen LogP contribution in [0, 0.1) is 0 Å². The van der Waals surface area contributed by atoms with Gasteiger partial charge in [0.2, 0.25) is 53.5 Å². The fraction of sp³-hybridized carbons (Fsp3) is 0.922. The number of anilines is 9. The second-order valence-corrected chi connectivity index (χ2v) is 50.3. The van der Waals surface area contributed by atoms with E-state index in [1.54, 1.807) is 0 Å². The maximum Gasteiger partial charge on any atom is 0.232 e. The quantitative estimate of drug-likeness (QED) is 0.0481. The lowest BCUT2D eigenvalue weighted by atomic mass is 9.78. The van der Waals surface area contributed by atoms with Gasteiger partial charge in [0.1, 0.15) is 0 Å². The minimum Gasteiger partial charge on any atom is -0.341 e. The third-order valence-corrected chi connectivity index (χ3v) is 31.3. The monoisotopic (exact) mass is 2020 g/mol. The summed E-state index contributed by atoms with van der Waals surface area (Å²) in [6.07, 6.45) is 40.1. The summed E-state index contributed by atoms with van der Waals surface area (Å²) in [7, 11) is 0. The van der Waals surface area contributed by atoms with Gasteiger partial charge in [-0.2, -0.15) is 70.2 Å². The average molecular weight is 2020 g/mol. The summed E-state index contributed by atoms with van der Waals surface area (Å²) in [5.41, 5.74) is -3.01. The molecular formula is C116H223N23O5. The molecular weight excluding hydrogens is 1800 g/mol. The topological polar surface area (TPSA) is 208 Å². The molecule has 0 unspecified atom stereocenters. The molecule has 5 saturated heterocycles. The molecule has 0 spiro atoms. The lowest BCUT2D eigenvalue weighted by molar-refractivity contribution is -0.282. The van der Waals surface area contributed by atoms with E-state index in [0.717, 1.165) is 395 Å². The minimum absolute atomic E-state index is 0.0581. The third kappa shape index (κ3) is 34.7. The van der Waals surface area contributed by atoms with Crippen LogP contribution in [0.2, 0.25) is 0 Å². The van der Waals surface area contributed by atoms with Crippen molar-refractivity contribution in [3.05, 3.63) is 0 Å². The first-order valence-corrected chi connectivity index (χ1v) is 59.5. The Morgan fingerprint density at radius 3 is 0.472 bits per heavy atom. The molecule has 5 aliphatic rings. The first-order chi connectivity index (χ1) is 68.3. The summed E-state index contributed by atoms with van der Waals surface area (Å²) in [5, 5.41) is 11.7. The van der Waals surface area contributed by atoms with Gasteiger partial charge < -0.3 is 44.1 Å². The van der Waals surface area contributed by atoms with Crippen molar-refractivity contribution in [3.8, 4) is 0 Å². The molecule has 28 nitrogen and oxygen atoms in total. The van der Waals surface area contributed by atoms with Crippen molar-refractivity contribution in [2.24, 2.45) is 0 Å². The Balaban J connectivity index is 1.30. The first-order valence-electron chi connectivity index (χ1n) is 59.5. The van der Waals surface area contributed by atoms with E-state index in [2.05, 4.69) is 305 Å². The predicted octanol–water partition coefficient (Wildman–Crippen LogP) is 26.6. The average Bonchev–Trinajstić information content (AvgIpc) is 0.678. The van der Waals surface area contributed by atoms with Crippen molar-refractivity contribution in [1.29, 1.82) is 0 Å². The molecule has 0 saturated carbocycles. The Bertz CT molecular complexity index is 3670. The fourth-order valence-electron chi connectivity index (χ4n) is 25.4. The smallest absolute Gasteiger partial charge is 0.232 e. The normalized spacial score (nSPS) is 20.0. The molecule has 8 rings (SSSR count). The molecule has 0 aliphatic carbocycles. The molecule has 0 atom stereocenters. The highest BCUT2D eigenvalue weighted by Gasteiger charge is 2.55. The highest BCUT2D eigenvalue weighted by atomic mass is 16.7. The van der Waals surface area contributed by atoms with Gasteiger partial charge in [-0.3, -0.25) is 24.2 Å². The number of piperidine rings is 5. The highest BCUT2D eigenvalue weighted by molar-refractivity contribution is 5.52. The summed E-state index contributed by atoms with van der Waals surface area (Å²) in [4.78, 5) is 110. The van der Waals surface area contributed by atoms with Crippen LogP contribution in [0.5, 0.6) is 0 Å². The van der Waals surface area contributed by atoms with Crippen molar-refractivity contribution >= 4 is 53.5 Å². The summed E-state index contributed by atoms with van der Waals surface area (Å²) in [6, 6.07) is 0.510.